The monoisotopic (exact) mass is 285 g/mol. The number of hydrogen-bond donors (Lipinski definition) is 2. The summed E-state index contributed by atoms with van der Waals surface area (Å²) >= 11 is 0. The van der Waals surface area contributed by atoms with Gasteiger partial charge < -0.3 is 15.6 Å². The fourth-order valence-electron chi connectivity index (χ4n) is 2.19. The molecule has 3 atom stereocenters. The van der Waals surface area contributed by atoms with Crippen molar-refractivity contribution in [2.24, 2.45) is 5.73 Å². The first-order valence-corrected chi connectivity index (χ1v) is 8.14. The average molecular weight is 285 g/mol. The van der Waals surface area contributed by atoms with Crippen LogP contribution in [0.3, 0.4) is 0 Å². The molecule has 0 aliphatic carbocycles. The number of benzene rings is 1. The molecule has 1 aliphatic heterocycles. The van der Waals surface area contributed by atoms with Crippen molar-refractivity contribution < 1.29 is 18.3 Å². The fourth-order valence-corrected chi connectivity index (χ4v) is 3.85. The number of aliphatic hydroxyl groups excluding tert-OH is 1. The van der Waals surface area contributed by atoms with E-state index < -0.39 is 22.0 Å². The lowest BCUT2D eigenvalue weighted by Crippen LogP contribution is -2.30. The number of rotatable bonds is 4. The molecular weight excluding hydrogens is 266 g/mol. The van der Waals surface area contributed by atoms with Crippen LogP contribution in [0.5, 0.6) is 5.75 Å². The topological polar surface area (TPSA) is 89.6 Å². The number of ether oxygens (including phenoxy) is 1. The summed E-state index contributed by atoms with van der Waals surface area (Å²) in [6, 6.07) is 7.12. The first-order valence-electron chi connectivity index (χ1n) is 6.32. The van der Waals surface area contributed by atoms with Crippen LogP contribution in [0.1, 0.15) is 24.9 Å². The normalized spacial score (nSPS) is 27.1. The summed E-state index contributed by atoms with van der Waals surface area (Å²) in [6.07, 6.45) is -0.933. The molecule has 2 rings (SSSR count). The van der Waals surface area contributed by atoms with Gasteiger partial charge in [-0.3, -0.25) is 0 Å². The molecule has 1 fully saturated rings. The Labute approximate surface area is 113 Å². The third kappa shape index (κ3) is 3.26. The number of aliphatic hydroxyl groups is 1. The van der Waals surface area contributed by atoms with Crippen LogP contribution in [0, 0.1) is 0 Å². The molecule has 1 saturated heterocycles. The molecule has 0 radical (unpaired) electrons. The highest BCUT2D eigenvalue weighted by Crippen LogP contribution is 2.28. The molecule has 106 valence electrons. The van der Waals surface area contributed by atoms with Gasteiger partial charge in [-0.1, -0.05) is 25.1 Å². The van der Waals surface area contributed by atoms with Crippen molar-refractivity contribution in [1.29, 1.82) is 0 Å². The third-order valence-corrected chi connectivity index (χ3v) is 4.99. The molecule has 19 heavy (non-hydrogen) atoms. The average Bonchev–Trinajstić information content (AvgIpc) is 2.62. The summed E-state index contributed by atoms with van der Waals surface area (Å²) in [5.41, 5.74) is 6.83. The van der Waals surface area contributed by atoms with Crippen molar-refractivity contribution in [3.63, 3.8) is 0 Å². The van der Waals surface area contributed by atoms with Gasteiger partial charge in [0.1, 0.15) is 18.0 Å². The maximum Gasteiger partial charge on any atom is 0.156 e. The summed E-state index contributed by atoms with van der Waals surface area (Å²) in [6.45, 7) is 1.97. The summed E-state index contributed by atoms with van der Waals surface area (Å²) in [4.78, 5) is 0. The van der Waals surface area contributed by atoms with Crippen LogP contribution in [0.25, 0.3) is 0 Å². The Kier molecular flexibility index (Phi) is 4.13. The summed E-state index contributed by atoms with van der Waals surface area (Å²) in [7, 11) is -3.21. The zero-order valence-electron chi connectivity index (χ0n) is 10.8. The minimum Gasteiger partial charge on any atom is -0.486 e. The lowest BCUT2D eigenvalue weighted by Gasteiger charge is -2.20. The minimum atomic E-state index is -3.21. The largest absolute Gasteiger partial charge is 0.486 e. The van der Waals surface area contributed by atoms with Crippen LogP contribution in [-0.2, 0) is 9.84 Å². The molecule has 0 aromatic heterocycles. The smallest absolute Gasteiger partial charge is 0.156 e. The second-order valence-electron chi connectivity index (χ2n) is 4.85. The second kappa shape index (κ2) is 5.48. The molecule has 0 spiro atoms. The zero-order valence-corrected chi connectivity index (χ0v) is 11.6. The summed E-state index contributed by atoms with van der Waals surface area (Å²) < 4.78 is 28.6. The van der Waals surface area contributed by atoms with Crippen molar-refractivity contribution in [3.8, 4) is 5.75 Å². The first kappa shape index (κ1) is 14.3. The lowest BCUT2D eigenvalue weighted by molar-refractivity contribution is 0.0728. The number of nitrogens with two attached hydrogens (primary N) is 1. The van der Waals surface area contributed by atoms with Gasteiger partial charge in [-0.05, 0) is 12.5 Å². The third-order valence-electron chi connectivity index (χ3n) is 3.31. The van der Waals surface area contributed by atoms with E-state index in [0.29, 0.717) is 5.75 Å². The predicted molar refractivity (Wildman–Crippen MR) is 72.7 cm³/mol. The van der Waals surface area contributed by atoms with Gasteiger partial charge in [0.25, 0.3) is 0 Å². The van der Waals surface area contributed by atoms with Crippen LogP contribution < -0.4 is 10.5 Å². The van der Waals surface area contributed by atoms with E-state index in [4.69, 9.17) is 10.5 Å². The van der Waals surface area contributed by atoms with Gasteiger partial charge in [0.05, 0.1) is 11.5 Å². The Morgan fingerprint density at radius 1 is 1.42 bits per heavy atom. The number of para-hydroxylation sites is 1. The van der Waals surface area contributed by atoms with E-state index in [-0.39, 0.29) is 17.5 Å². The highest BCUT2D eigenvalue weighted by Gasteiger charge is 2.38. The zero-order chi connectivity index (χ0) is 14.0. The molecule has 5 nitrogen and oxygen atoms in total. The van der Waals surface area contributed by atoms with E-state index in [2.05, 4.69) is 0 Å². The van der Waals surface area contributed by atoms with E-state index in [0.717, 1.165) is 12.0 Å². The van der Waals surface area contributed by atoms with Gasteiger partial charge >= 0.3 is 0 Å². The van der Waals surface area contributed by atoms with Crippen molar-refractivity contribution in [1.82, 2.24) is 0 Å². The standard InChI is InChI=1S/C13H19NO4S/c1-2-10(14)9-5-3-4-6-12(9)18-13-8-19(16,17)7-11(13)15/h3-6,10-11,13,15H,2,7-8,14H2,1H3/t10-,11?,13?/m0/s1. The molecule has 6 heteroatoms. The molecule has 2 unspecified atom stereocenters. The Hall–Kier alpha value is -1.11. The highest BCUT2D eigenvalue weighted by atomic mass is 32.2. The predicted octanol–water partition coefficient (Wildman–Crippen LogP) is 0.633. The number of hydrogen-bond acceptors (Lipinski definition) is 5. The van der Waals surface area contributed by atoms with E-state index in [1.807, 2.05) is 19.1 Å². The maximum absolute atomic E-state index is 11.5. The molecule has 0 bridgehead atoms. The molecule has 0 amide bonds. The van der Waals surface area contributed by atoms with Crippen molar-refractivity contribution in [3.05, 3.63) is 29.8 Å². The van der Waals surface area contributed by atoms with E-state index in [1.165, 1.54) is 0 Å². The number of sulfone groups is 1. The lowest BCUT2D eigenvalue weighted by atomic mass is 10.0. The van der Waals surface area contributed by atoms with Crippen LogP contribution in [0.15, 0.2) is 24.3 Å². The van der Waals surface area contributed by atoms with Crippen molar-refractivity contribution >= 4 is 9.84 Å². The second-order valence-corrected chi connectivity index (χ2v) is 7.01. The Morgan fingerprint density at radius 3 is 2.68 bits per heavy atom. The van der Waals surface area contributed by atoms with Crippen molar-refractivity contribution in [2.75, 3.05) is 11.5 Å². The first-order chi connectivity index (χ1) is 8.93. The van der Waals surface area contributed by atoms with Crippen LogP contribution >= 0.6 is 0 Å². The van der Waals surface area contributed by atoms with Crippen LogP contribution in [0.4, 0.5) is 0 Å². The van der Waals surface area contributed by atoms with Gasteiger partial charge in [0.2, 0.25) is 0 Å². The minimum absolute atomic E-state index is 0.149. The molecule has 1 heterocycles. The molecule has 1 aliphatic rings. The molecule has 3 N–H and O–H groups in total. The van der Waals surface area contributed by atoms with Crippen LogP contribution in [0.2, 0.25) is 0 Å². The molecule has 0 saturated carbocycles. The Balaban J connectivity index is 2.20. The fraction of sp³-hybridized carbons (Fsp3) is 0.538. The SMILES string of the molecule is CC[C@H](N)c1ccccc1OC1CS(=O)(=O)CC1O. The van der Waals surface area contributed by atoms with Crippen LogP contribution in [-0.4, -0.2) is 37.2 Å². The quantitative estimate of drug-likeness (QED) is 0.847. The molecular formula is C13H19NO4S. The Morgan fingerprint density at radius 2 is 2.11 bits per heavy atom. The highest BCUT2D eigenvalue weighted by molar-refractivity contribution is 7.91. The van der Waals surface area contributed by atoms with E-state index >= 15 is 0 Å². The maximum atomic E-state index is 11.5. The van der Waals surface area contributed by atoms with Gasteiger partial charge in [0.15, 0.2) is 9.84 Å². The Bertz CT molecular complexity index is 543. The van der Waals surface area contributed by atoms with Gasteiger partial charge in [-0.25, -0.2) is 8.42 Å². The molecule has 1 aromatic rings. The van der Waals surface area contributed by atoms with E-state index in [1.54, 1.807) is 12.1 Å². The van der Waals surface area contributed by atoms with E-state index in [9.17, 15) is 13.5 Å². The summed E-state index contributed by atoms with van der Waals surface area (Å²) in [5.74, 6) is 0.168. The molecule has 1 aromatic carbocycles. The van der Waals surface area contributed by atoms with Gasteiger partial charge in [-0.2, -0.15) is 0 Å². The summed E-state index contributed by atoms with van der Waals surface area (Å²) in [5, 5.41) is 9.74. The van der Waals surface area contributed by atoms with Gasteiger partial charge in [-0.15, -0.1) is 0 Å². The van der Waals surface area contributed by atoms with Gasteiger partial charge in [0, 0.05) is 11.6 Å². The van der Waals surface area contributed by atoms with Crippen molar-refractivity contribution in [2.45, 2.75) is 31.6 Å².